The fraction of sp³-hybridized carbons (Fsp3) is 0.280. The smallest absolute Gasteiger partial charge is 0.148 e. The van der Waals surface area contributed by atoms with Gasteiger partial charge in [0.1, 0.15) is 5.82 Å². The van der Waals surface area contributed by atoms with Crippen molar-refractivity contribution in [3.05, 3.63) is 84.2 Å². The molecular weight excluding hydrogens is 384 g/mol. The normalized spacial score (nSPS) is 17.0. The Morgan fingerprint density at radius 2 is 2.03 bits per heavy atom. The Balaban J connectivity index is 1.34. The minimum atomic E-state index is 0.421. The van der Waals surface area contributed by atoms with Gasteiger partial charge in [0.15, 0.2) is 0 Å². The number of hydrogen-bond acceptors (Lipinski definition) is 6. The molecule has 3 aromatic heterocycles. The van der Waals surface area contributed by atoms with Gasteiger partial charge in [-0.2, -0.15) is 0 Å². The topological polar surface area (TPSA) is 66.8 Å². The molecular formula is C25H26N6. The van der Waals surface area contributed by atoms with Gasteiger partial charge in [0.25, 0.3) is 0 Å². The molecule has 0 spiro atoms. The Morgan fingerprint density at radius 3 is 2.94 bits per heavy atom. The van der Waals surface area contributed by atoms with Crippen LogP contribution in [-0.4, -0.2) is 37.9 Å². The zero-order chi connectivity index (χ0) is 21.0. The van der Waals surface area contributed by atoms with Crippen LogP contribution in [0.2, 0.25) is 0 Å². The average molecular weight is 411 g/mol. The number of likely N-dealkylation sites (tertiary alicyclic amines) is 1. The number of aryl methyl sites for hydroxylation is 1. The Bertz CT molecular complexity index is 1170. The highest BCUT2D eigenvalue weighted by molar-refractivity contribution is 5.81. The van der Waals surface area contributed by atoms with Crippen LogP contribution in [0.5, 0.6) is 0 Å². The van der Waals surface area contributed by atoms with Crippen LogP contribution < -0.4 is 5.32 Å². The third-order valence-corrected chi connectivity index (χ3v) is 5.86. The molecule has 0 bridgehead atoms. The lowest BCUT2D eigenvalue weighted by molar-refractivity contribution is 0.199. The van der Waals surface area contributed by atoms with Gasteiger partial charge in [-0.25, -0.2) is 4.98 Å². The molecule has 1 aromatic carbocycles. The molecule has 1 atom stereocenters. The minimum absolute atomic E-state index is 0.421. The fourth-order valence-corrected chi connectivity index (χ4v) is 4.47. The van der Waals surface area contributed by atoms with E-state index in [0.717, 1.165) is 54.5 Å². The Morgan fingerprint density at radius 1 is 1.06 bits per heavy atom. The number of rotatable bonds is 5. The fourth-order valence-electron chi connectivity index (χ4n) is 4.47. The summed E-state index contributed by atoms with van der Waals surface area (Å²) in [6.45, 7) is 5.12. The van der Waals surface area contributed by atoms with Crippen molar-refractivity contribution in [3.63, 3.8) is 0 Å². The zero-order valence-corrected chi connectivity index (χ0v) is 17.7. The molecule has 6 heteroatoms. The zero-order valence-electron chi connectivity index (χ0n) is 17.7. The molecule has 4 heterocycles. The monoisotopic (exact) mass is 410 g/mol. The van der Waals surface area contributed by atoms with Crippen LogP contribution in [0.25, 0.3) is 10.9 Å². The molecule has 5 rings (SSSR count). The molecule has 1 aliphatic rings. The first-order valence-corrected chi connectivity index (χ1v) is 10.8. The molecule has 6 nitrogen and oxygen atoms in total. The Kier molecular flexibility index (Phi) is 5.54. The molecule has 1 N–H and O–H groups in total. The van der Waals surface area contributed by atoms with E-state index in [9.17, 15) is 0 Å². The van der Waals surface area contributed by atoms with E-state index < -0.39 is 0 Å². The third kappa shape index (κ3) is 4.54. The van der Waals surface area contributed by atoms with Gasteiger partial charge in [-0.15, -0.1) is 0 Å². The van der Waals surface area contributed by atoms with E-state index in [1.165, 1.54) is 17.4 Å². The first kappa shape index (κ1) is 19.6. The van der Waals surface area contributed by atoms with E-state index in [2.05, 4.69) is 68.5 Å². The van der Waals surface area contributed by atoms with Crippen molar-refractivity contribution >= 4 is 22.4 Å². The lowest BCUT2D eigenvalue weighted by Crippen LogP contribution is -2.34. The number of piperidine rings is 1. The third-order valence-electron chi connectivity index (χ3n) is 5.86. The van der Waals surface area contributed by atoms with Crippen LogP contribution in [0, 0.1) is 6.92 Å². The highest BCUT2D eigenvalue weighted by Gasteiger charge is 2.23. The van der Waals surface area contributed by atoms with E-state index in [4.69, 9.17) is 4.98 Å². The summed E-state index contributed by atoms with van der Waals surface area (Å²) in [4.78, 5) is 20.4. The number of fused-ring (bicyclic) bond motifs is 1. The molecule has 0 aliphatic carbocycles. The highest BCUT2D eigenvalue weighted by atomic mass is 15.1. The van der Waals surface area contributed by atoms with Gasteiger partial charge in [0.2, 0.25) is 0 Å². The van der Waals surface area contributed by atoms with Crippen LogP contribution in [0.4, 0.5) is 11.5 Å². The second-order valence-electron chi connectivity index (χ2n) is 8.20. The van der Waals surface area contributed by atoms with E-state index >= 15 is 0 Å². The van der Waals surface area contributed by atoms with Gasteiger partial charge in [-0.1, -0.05) is 18.2 Å². The van der Waals surface area contributed by atoms with E-state index in [1.807, 2.05) is 12.3 Å². The molecule has 31 heavy (non-hydrogen) atoms. The number of nitrogens with zero attached hydrogens (tertiary/aromatic N) is 5. The van der Waals surface area contributed by atoms with Crippen LogP contribution in [0.15, 0.2) is 67.3 Å². The maximum Gasteiger partial charge on any atom is 0.148 e. The van der Waals surface area contributed by atoms with Gasteiger partial charge in [-0.05, 0) is 56.1 Å². The SMILES string of the molecule is Cc1cc(Nc2cnccn2)cc(C2CCCN(Cc3cccc4ncccc34)C2)n1. The summed E-state index contributed by atoms with van der Waals surface area (Å²) in [5, 5.41) is 4.61. The quantitative estimate of drug-likeness (QED) is 0.507. The minimum Gasteiger partial charge on any atom is -0.339 e. The van der Waals surface area contributed by atoms with Crippen molar-refractivity contribution in [2.45, 2.75) is 32.2 Å². The standard InChI is InChI=1S/C25H26N6/c1-18-13-21(30-25-15-26-10-11-28-25)14-24(29-18)20-6-4-12-31(17-20)16-19-5-2-8-23-22(19)7-3-9-27-23/h2-3,5,7-11,13-15,20H,4,6,12,16-17H2,1H3,(H,28,29,30). The molecule has 156 valence electrons. The number of aromatic nitrogens is 4. The van der Waals surface area contributed by atoms with Crippen molar-refractivity contribution in [1.82, 2.24) is 24.8 Å². The number of hydrogen-bond donors (Lipinski definition) is 1. The molecule has 0 radical (unpaired) electrons. The maximum absolute atomic E-state index is 4.88. The van der Waals surface area contributed by atoms with Gasteiger partial charge < -0.3 is 5.32 Å². The van der Waals surface area contributed by atoms with Crippen molar-refractivity contribution in [1.29, 1.82) is 0 Å². The summed E-state index contributed by atoms with van der Waals surface area (Å²) < 4.78 is 0. The van der Waals surface area contributed by atoms with Gasteiger partial charge in [-0.3, -0.25) is 19.9 Å². The molecule has 4 aromatic rings. The molecule has 1 saturated heterocycles. The summed E-state index contributed by atoms with van der Waals surface area (Å²) in [6, 6.07) is 14.8. The second-order valence-corrected chi connectivity index (χ2v) is 8.20. The molecule has 1 unspecified atom stereocenters. The van der Waals surface area contributed by atoms with Crippen molar-refractivity contribution in [2.24, 2.45) is 0 Å². The number of pyridine rings is 2. The van der Waals surface area contributed by atoms with Gasteiger partial charge >= 0.3 is 0 Å². The molecule has 0 saturated carbocycles. The lowest BCUT2D eigenvalue weighted by atomic mass is 9.93. The Labute approximate surface area is 182 Å². The van der Waals surface area contributed by atoms with E-state index in [1.54, 1.807) is 18.6 Å². The predicted molar refractivity (Wildman–Crippen MR) is 123 cm³/mol. The van der Waals surface area contributed by atoms with Crippen molar-refractivity contribution in [2.75, 3.05) is 18.4 Å². The first-order valence-electron chi connectivity index (χ1n) is 10.8. The summed E-state index contributed by atoms with van der Waals surface area (Å²) in [5.41, 5.74) is 5.58. The Hall–Kier alpha value is -3.38. The van der Waals surface area contributed by atoms with Crippen molar-refractivity contribution < 1.29 is 0 Å². The van der Waals surface area contributed by atoms with Crippen LogP contribution >= 0.6 is 0 Å². The van der Waals surface area contributed by atoms with E-state index in [0.29, 0.717) is 5.92 Å². The molecule has 1 aliphatic heterocycles. The average Bonchev–Trinajstić information content (AvgIpc) is 2.80. The highest BCUT2D eigenvalue weighted by Crippen LogP contribution is 2.30. The largest absolute Gasteiger partial charge is 0.339 e. The second kappa shape index (κ2) is 8.78. The number of nitrogens with one attached hydrogen (secondary N) is 1. The van der Waals surface area contributed by atoms with Crippen LogP contribution in [0.1, 0.15) is 35.7 Å². The summed E-state index contributed by atoms with van der Waals surface area (Å²) in [7, 11) is 0. The molecule has 1 fully saturated rings. The first-order chi connectivity index (χ1) is 15.2. The van der Waals surface area contributed by atoms with Crippen LogP contribution in [0.3, 0.4) is 0 Å². The summed E-state index contributed by atoms with van der Waals surface area (Å²) in [5.74, 6) is 1.16. The van der Waals surface area contributed by atoms with Crippen molar-refractivity contribution in [3.8, 4) is 0 Å². The van der Waals surface area contributed by atoms with Gasteiger partial charge in [0.05, 0.1) is 11.7 Å². The molecule has 0 amide bonds. The summed E-state index contributed by atoms with van der Waals surface area (Å²) in [6.07, 6.45) is 9.30. The lowest BCUT2D eigenvalue weighted by Gasteiger charge is -2.33. The number of anilines is 2. The van der Waals surface area contributed by atoms with Crippen LogP contribution in [-0.2, 0) is 6.54 Å². The van der Waals surface area contributed by atoms with Gasteiger partial charge in [0, 0.05) is 60.1 Å². The summed E-state index contributed by atoms with van der Waals surface area (Å²) >= 11 is 0. The maximum atomic E-state index is 4.88. The number of benzene rings is 1. The van der Waals surface area contributed by atoms with E-state index in [-0.39, 0.29) is 0 Å². The predicted octanol–water partition coefficient (Wildman–Crippen LogP) is 4.85.